The fourth-order valence-electron chi connectivity index (χ4n) is 1.56. The molecule has 0 unspecified atom stereocenters. The summed E-state index contributed by atoms with van der Waals surface area (Å²) in [6, 6.07) is 8.09. The Kier molecular flexibility index (Phi) is 3.23. The van der Waals surface area contributed by atoms with Crippen molar-refractivity contribution in [3.05, 3.63) is 52.8 Å². The van der Waals surface area contributed by atoms with Crippen molar-refractivity contribution < 1.29 is 4.79 Å². The van der Waals surface area contributed by atoms with Crippen LogP contribution in [0.1, 0.15) is 27.2 Å². The first-order valence-electron chi connectivity index (χ1n) is 5.50. The second kappa shape index (κ2) is 4.82. The number of nitrogens with one attached hydrogen (secondary N) is 2. The summed E-state index contributed by atoms with van der Waals surface area (Å²) >= 11 is 0. The van der Waals surface area contributed by atoms with E-state index in [2.05, 4.69) is 15.5 Å². The van der Waals surface area contributed by atoms with Crippen LogP contribution >= 0.6 is 0 Å². The van der Waals surface area contributed by atoms with Crippen LogP contribution in [-0.2, 0) is 6.54 Å². The maximum absolute atomic E-state index is 11.8. The van der Waals surface area contributed by atoms with Gasteiger partial charge in [0.15, 0.2) is 0 Å². The minimum atomic E-state index is -0.100. The number of rotatable bonds is 3. The topological polar surface area (TPSA) is 57.8 Å². The predicted octanol–water partition coefficient (Wildman–Crippen LogP) is 1.96. The first-order chi connectivity index (χ1) is 8.16. The molecule has 2 rings (SSSR count). The maximum atomic E-state index is 11.8. The molecule has 2 aromatic rings. The number of amides is 1. The maximum Gasteiger partial charge on any atom is 0.255 e. The molecular formula is C13H15N3O. The molecule has 0 aliphatic heterocycles. The van der Waals surface area contributed by atoms with E-state index in [1.807, 2.05) is 38.1 Å². The zero-order chi connectivity index (χ0) is 12.3. The van der Waals surface area contributed by atoms with Gasteiger partial charge in [0, 0.05) is 12.2 Å². The molecule has 0 aliphatic rings. The van der Waals surface area contributed by atoms with E-state index in [4.69, 9.17) is 0 Å². The van der Waals surface area contributed by atoms with Gasteiger partial charge in [-0.05, 0) is 19.4 Å². The Morgan fingerprint density at radius 3 is 2.59 bits per heavy atom. The fourth-order valence-corrected chi connectivity index (χ4v) is 1.56. The summed E-state index contributed by atoms with van der Waals surface area (Å²) < 4.78 is 0. The Morgan fingerprint density at radius 2 is 2.00 bits per heavy atom. The van der Waals surface area contributed by atoms with E-state index in [1.54, 1.807) is 6.20 Å². The lowest BCUT2D eigenvalue weighted by Gasteiger charge is -2.04. The predicted molar refractivity (Wildman–Crippen MR) is 65.7 cm³/mol. The first kappa shape index (κ1) is 11.4. The van der Waals surface area contributed by atoms with Crippen molar-refractivity contribution in [1.29, 1.82) is 0 Å². The van der Waals surface area contributed by atoms with Gasteiger partial charge in [-0.25, -0.2) is 0 Å². The van der Waals surface area contributed by atoms with E-state index in [-0.39, 0.29) is 5.91 Å². The minimum Gasteiger partial charge on any atom is -0.348 e. The zero-order valence-corrected chi connectivity index (χ0v) is 9.95. The van der Waals surface area contributed by atoms with Crippen LogP contribution in [-0.4, -0.2) is 16.1 Å². The average molecular weight is 229 g/mol. The lowest BCUT2D eigenvalue weighted by molar-refractivity contribution is 0.0950. The highest BCUT2D eigenvalue weighted by atomic mass is 16.1. The molecule has 1 heterocycles. The summed E-state index contributed by atoms with van der Waals surface area (Å²) in [4.78, 5) is 11.8. The molecule has 0 aliphatic carbocycles. The largest absolute Gasteiger partial charge is 0.348 e. The van der Waals surface area contributed by atoms with Crippen LogP contribution < -0.4 is 5.32 Å². The number of hydrogen-bond donors (Lipinski definition) is 2. The zero-order valence-electron chi connectivity index (χ0n) is 9.95. The van der Waals surface area contributed by atoms with Crippen molar-refractivity contribution in [2.75, 3.05) is 0 Å². The molecule has 17 heavy (non-hydrogen) atoms. The Hall–Kier alpha value is -2.10. The highest BCUT2D eigenvalue weighted by molar-refractivity contribution is 5.94. The second-order valence-corrected chi connectivity index (χ2v) is 4.08. The Balaban J connectivity index is 1.97. The van der Waals surface area contributed by atoms with Crippen LogP contribution in [0.4, 0.5) is 0 Å². The number of hydrogen-bond acceptors (Lipinski definition) is 2. The third-order valence-corrected chi connectivity index (χ3v) is 2.65. The minimum absolute atomic E-state index is 0.100. The number of aromatic amines is 1. The van der Waals surface area contributed by atoms with Gasteiger partial charge in [0.05, 0.1) is 11.8 Å². The van der Waals surface area contributed by atoms with Crippen LogP contribution in [0.3, 0.4) is 0 Å². The molecule has 4 nitrogen and oxygen atoms in total. The molecule has 0 spiro atoms. The van der Waals surface area contributed by atoms with Crippen LogP contribution in [0.15, 0.2) is 30.5 Å². The van der Waals surface area contributed by atoms with Crippen molar-refractivity contribution in [1.82, 2.24) is 15.5 Å². The SMILES string of the molecule is Cc1ccc(CNC(=O)c2cn[nH]c2C)cc1. The summed E-state index contributed by atoms with van der Waals surface area (Å²) in [6.45, 7) is 4.40. The quantitative estimate of drug-likeness (QED) is 0.845. The molecule has 0 radical (unpaired) electrons. The van der Waals surface area contributed by atoms with Crippen molar-refractivity contribution in [2.45, 2.75) is 20.4 Å². The first-order valence-corrected chi connectivity index (χ1v) is 5.50. The number of carbonyl (C=O) groups is 1. The Labute approximate surface area is 100 Å². The van der Waals surface area contributed by atoms with Gasteiger partial charge in [0.25, 0.3) is 5.91 Å². The molecule has 0 saturated heterocycles. The lowest BCUT2D eigenvalue weighted by Crippen LogP contribution is -2.23. The van der Waals surface area contributed by atoms with E-state index in [0.29, 0.717) is 12.1 Å². The van der Waals surface area contributed by atoms with E-state index >= 15 is 0 Å². The second-order valence-electron chi connectivity index (χ2n) is 4.08. The summed E-state index contributed by atoms with van der Waals surface area (Å²) in [5, 5.41) is 9.43. The fraction of sp³-hybridized carbons (Fsp3) is 0.231. The number of aromatic nitrogens is 2. The number of benzene rings is 1. The summed E-state index contributed by atoms with van der Waals surface area (Å²) in [5.74, 6) is -0.100. The summed E-state index contributed by atoms with van der Waals surface area (Å²) in [7, 11) is 0. The van der Waals surface area contributed by atoms with Crippen molar-refractivity contribution in [2.24, 2.45) is 0 Å². The molecule has 88 valence electrons. The third kappa shape index (κ3) is 2.72. The molecule has 1 aromatic heterocycles. The number of aryl methyl sites for hydroxylation is 2. The normalized spacial score (nSPS) is 10.2. The van der Waals surface area contributed by atoms with Gasteiger partial charge in [-0.3, -0.25) is 9.89 Å². The van der Waals surface area contributed by atoms with Gasteiger partial charge in [0.1, 0.15) is 0 Å². The van der Waals surface area contributed by atoms with Crippen LogP contribution in [0.25, 0.3) is 0 Å². The molecule has 0 saturated carbocycles. The van der Waals surface area contributed by atoms with Gasteiger partial charge in [-0.2, -0.15) is 5.10 Å². The number of carbonyl (C=O) groups excluding carboxylic acids is 1. The van der Waals surface area contributed by atoms with Gasteiger partial charge in [-0.15, -0.1) is 0 Å². The van der Waals surface area contributed by atoms with Gasteiger partial charge >= 0.3 is 0 Å². The number of nitrogens with zero attached hydrogens (tertiary/aromatic N) is 1. The van der Waals surface area contributed by atoms with Gasteiger partial charge in [-0.1, -0.05) is 29.8 Å². The van der Waals surface area contributed by atoms with Crippen LogP contribution in [0.2, 0.25) is 0 Å². The Morgan fingerprint density at radius 1 is 1.29 bits per heavy atom. The van der Waals surface area contributed by atoms with Gasteiger partial charge in [0.2, 0.25) is 0 Å². The molecule has 0 atom stereocenters. The molecule has 0 bridgehead atoms. The standard InChI is InChI=1S/C13H15N3O/c1-9-3-5-11(6-4-9)7-14-13(17)12-8-15-16-10(12)2/h3-6,8H,7H2,1-2H3,(H,14,17)(H,15,16). The number of H-pyrrole nitrogens is 1. The van der Waals surface area contributed by atoms with Crippen molar-refractivity contribution in [3.8, 4) is 0 Å². The monoisotopic (exact) mass is 229 g/mol. The van der Waals surface area contributed by atoms with Crippen LogP contribution in [0.5, 0.6) is 0 Å². The lowest BCUT2D eigenvalue weighted by atomic mass is 10.1. The van der Waals surface area contributed by atoms with Gasteiger partial charge < -0.3 is 5.32 Å². The molecule has 4 heteroatoms. The third-order valence-electron chi connectivity index (χ3n) is 2.65. The van der Waals surface area contributed by atoms with E-state index in [9.17, 15) is 4.79 Å². The smallest absolute Gasteiger partial charge is 0.255 e. The van der Waals surface area contributed by atoms with Crippen molar-refractivity contribution >= 4 is 5.91 Å². The highest BCUT2D eigenvalue weighted by Gasteiger charge is 2.09. The molecular weight excluding hydrogens is 214 g/mol. The highest BCUT2D eigenvalue weighted by Crippen LogP contribution is 2.05. The molecule has 1 aromatic carbocycles. The molecule has 2 N–H and O–H groups in total. The summed E-state index contributed by atoms with van der Waals surface area (Å²) in [5.41, 5.74) is 3.68. The Bertz CT molecular complexity index is 514. The van der Waals surface area contributed by atoms with E-state index in [0.717, 1.165) is 11.3 Å². The molecule has 0 fully saturated rings. The molecule has 1 amide bonds. The van der Waals surface area contributed by atoms with Crippen LogP contribution in [0, 0.1) is 13.8 Å². The van der Waals surface area contributed by atoms with Crippen molar-refractivity contribution in [3.63, 3.8) is 0 Å². The van der Waals surface area contributed by atoms with E-state index in [1.165, 1.54) is 5.56 Å². The average Bonchev–Trinajstić information content (AvgIpc) is 2.74. The van der Waals surface area contributed by atoms with E-state index < -0.39 is 0 Å². The summed E-state index contributed by atoms with van der Waals surface area (Å²) in [6.07, 6.45) is 1.54.